The minimum Gasteiger partial charge on any atom is -0.356 e. The zero-order chi connectivity index (χ0) is 27.4. The lowest BCUT2D eigenvalue weighted by molar-refractivity contribution is -0.121. The van der Waals surface area contributed by atoms with E-state index in [1.54, 1.807) is 0 Å². The van der Waals surface area contributed by atoms with Crippen molar-refractivity contribution >= 4 is 5.91 Å². The average Bonchev–Trinajstić information content (AvgIpc) is 3.37. The SMILES string of the molecule is CCCCCCCCCCCCC#CC#CCCCCCCCCC(=O)NCCCN1CCN(CC#N)C1. The van der Waals surface area contributed by atoms with Crippen LogP contribution in [0.5, 0.6) is 0 Å². The molecular formula is C33H56N4O. The highest BCUT2D eigenvalue weighted by Gasteiger charge is 2.18. The summed E-state index contributed by atoms with van der Waals surface area (Å²) in [5.41, 5.74) is 0. The largest absolute Gasteiger partial charge is 0.356 e. The van der Waals surface area contributed by atoms with Crippen molar-refractivity contribution in [2.45, 2.75) is 135 Å². The zero-order valence-corrected chi connectivity index (χ0v) is 24.6. The van der Waals surface area contributed by atoms with E-state index < -0.39 is 0 Å². The van der Waals surface area contributed by atoms with Gasteiger partial charge in [-0.25, -0.2) is 0 Å². The normalized spacial score (nSPS) is 13.4. The van der Waals surface area contributed by atoms with Gasteiger partial charge in [0.2, 0.25) is 5.91 Å². The van der Waals surface area contributed by atoms with Gasteiger partial charge in [-0.2, -0.15) is 5.26 Å². The van der Waals surface area contributed by atoms with Crippen LogP contribution in [0, 0.1) is 35.0 Å². The molecule has 1 N–H and O–H groups in total. The highest BCUT2D eigenvalue weighted by molar-refractivity contribution is 5.75. The lowest BCUT2D eigenvalue weighted by Gasteiger charge is -2.16. The van der Waals surface area contributed by atoms with Gasteiger partial charge in [0, 0.05) is 45.4 Å². The molecule has 1 heterocycles. The van der Waals surface area contributed by atoms with E-state index >= 15 is 0 Å². The molecule has 214 valence electrons. The van der Waals surface area contributed by atoms with E-state index in [9.17, 15) is 4.79 Å². The molecule has 1 fully saturated rings. The van der Waals surface area contributed by atoms with Crippen molar-refractivity contribution in [1.82, 2.24) is 15.1 Å². The third kappa shape index (κ3) is 22.0. The lowest BCUT2D eigenvalue weighted by atomic mass is 10.1. The van der Waals surface area contributed by atoms with E-state index in [0.717, 1.165) is 71.4 Å². The van der Waals surface area contributed by atoms with Gasteiger partial charge in [-0.3, -0.25) is 14.6 Å². The third-order valence-electron chi connectivity index (χ3n) is 7.25. The van der Waals surface area contributed by atoms with Crippen molar-refractivity contribution < 1.29 is 4.79 Å². The molecule has 1 amide bonds. The molecule has 0 aromatic rings. The summed E-state index contributed by atoms with van der Waals surface area (Å²) < 4.78 is 0. The summed E-state index contributed by atoms with van der Waals surface area (Å²) in [5.74, 6) is 12.6. The van der Waals surface area contributed by atoms with E-state index in [4.69, 9.17) is 5.26 Å². The number of unbranched alkanes of at least 4 members (excludes halogenated alkanes) is 16. The molecule has 0 radical (unpaired) electrons. The summed E-state index contributed by atoms with van der Waals surface area (Å²) in [6, 6.07) is 2.21. The first kappa shape index (κ1) is 34.0. The fraction of sp³-hybridized carbons (Fsp3) is 0.818. The molecule has 5 heteroatoms. The Bertz CT molecular complexity index is 736. The van der Waals surface area contributed by atoms with Crippen molar-refractivity contribution in [1.29, 1.82) is 5.26 Å². The fourth-order valence-corrected chi connectivity index (χ4v) is 4.86. The van der Waals surface area contributed by atoms with E-state index in [-0.39, 0.29) is 5.91 Å². The summed E-state index contributed by atoms with van der Waals surface area (Å²) in [4.78, 5) is 16.5. The average molecular weight is 525 g/mol. The number of hydrogen-bond donors (Lipinski definition) is 1. The molecule has 1 aliphatic rings. The van der Waals surface area contributed by atoms with Gasteiger partial charge < -0.3 is 5.32 Å². The Balaban J connectivity index is 1.79. The van der Waals surface area contributed by atoms with Crippen LogP contribution < -0.4 is 5.32 Å². The predicted molar refractivity (Wildman–Crippen MR) is 160 cm³/mol. The van der Waals surface area contributed by atoms with Gasteiger partial charge in [0.15, 0.2) is 0 Å². The zero-order valence-electron chi connectivity index (χ0n) is 24.6. The van der Waals surface area contributed by atoms with Gasteiger partial charge in [0.05, 0.1) is 19.3 Å². The topological polar surface area (TPSA) is 59.4 Å². The Morgan fingerprint density at radius 3 is 1.82 bits per heavy atom. The molecule has 0 atom stereocenters. The summed E-state index contributed by atoms with van der Waals surface area (Å²) in [5, 5.41) is 11.8. The summed E-state index contributed by atoms with van der Waals surface area (Å²) in [6.07, 6.45) is 24.1. The Morgan fingerprint density at radius 2 is 1.24 bits per heavy atom. The number of nitrogens with one attached hydrogen (secondary N) is 1. The summed E-state index contributed by atoms with van der Waals surface area (Å²) in [7, 11) is 0. The molecule has 1 aliphatic heterocycles. The van der Waals surface area contributed by atoms with Gasteiger partial charge in [0.1, 0.15) is 0 Å². The number of nitriles is 1. The van der Waals surface area contributed by atoms with Gasteiger partial charge in [-0.1, -0.05) is 102 Å². The minimum absolute atomic E-state index is 0.182. The highest BCUT2D eigenvalue weighted by atomic mass is 16.1. The van der Waals surface area contributed by atoms with Crippen molar-refractivity contribution in [3.63, 3.8) is 0 Å². The molecule has 1 rings (SSSR count). The molecule has 0 spiro atoms. The van der Waals surface area contributed by atoms with Crippen LogP contribution in [0.25, 0.3) is 0 Å². The van der Waals surface area contributed by atoms with E-state index in [1.165, 1.54) is 83.5 Å². The van der Waals surface area contributed by atoms with Crippen molar-refractivity contribution in [2.75, 3.05) is 39.4 Å². The molecule has 0 aromatic carbocycles. The van der Waals surface area contributed by atoms with Gasteiger partial charge in [-0.15, -0.1) is 0 Å². The van der Waals surface area contributed by atoms with Crippen LogP contribution in [0.1, 0.15) is 135 Å². The standard InChI is InChI=1S/C33H56N4O/c1-2-3-4-5-6-7-8-9-10-11-12-13-14-15-16-17-18-19-20-21-22-23-25-33(38)35-27-24-28-36-30-31-37(32-36)29-26-34/h2-12,17-25,27-32H2,1H3,(H,35,38). The smallest absolute Gasteiger partial charge is 0.219 e. The summed E-state index contributed by atoms with van der Waals surface area (Å²) >= 11 is 0. The Morgan fingerprint density at radius 1 is 0.711 bits per heavy atom. The third-order valence-corrected chi connectivity index (χ3v) is 7.25. The molecule has 38 heavy (non-hydrogen) atoms. The van der Waals surface area contributed by atoms with Crippen LogP contribution in [-0.4, -0.2) is 55.1 Å². The van der Waals surface area contributed by atoms with Gasteiger partial charge in [0.25, 0.3) is 0 Å². The maximum absolute atomic E-state index is 12.0. The molecular weight excluding hydrogens is 468 g/mol. The first-order valence-corrected chi connectivity index (χ1v) is 15.8. The van der Waals surface area contributed by atoms with Crippen LogP contribution in [0.2, 0.25) is 0 Å². The maximum atomic E-state index is 12.0. The lowest BCUT2D eigenvalue weighted by Crippen LogP contribution is -2.30. The molecule has 5 nitrogen and oxygen atoms in total. The second-order valence-electron chi connectivity index (χ2n) is 10.8. The van der Waals surface area contributed by atoms with Crippen LogP contribution in [0.15, 0.2) is 0 Å². The van der Waals surface area contributed by atoms with Crippen molar-refractivity contribution in [2.24, 2.45) is 0 Å². The molecule has 0 aliphatic carbocycles. The number of amides is 1. The van der Waals surface area contributed by atoms with Crippen LogP contribution >= 0.6 is 0 Å². The Kier molecular flexibility index (Phi) is 23.8. The van der Waals surface area contributed by atoms with E-state index in [1.807, 2.05) is 0 Å². The Hall–Kier alpha value is -2.00. The molecule has 0 bridgehead atoms. The van der Waals surface area contributed by atoms with Crippen molar-refractivity contribution in [3.05, 3.63) is 0 Å². The number of carbonyl (C=O) groups excluding carboxylic acids is 1. The first-order valence-electron chi connectivity index (χ1n) is 15.8. The molecule has 1 saturated heterocycles. The first-order chi connectivity index (χ1) is 18.8. The number of nitrogens with zero attached hydrogens (tertiary/aromatic N) is 3. The van der Waals surface area contributed by atoms with E-state index in [2.05, 4.69) is 51.8 Å². The molecule has 0 unspecified atom stereocenters. The Labute approximate surface area is 235 Å². The number of rotatable bonds is 23. The fourth-order valence-electron chi connectivity index (χ4n) is 4.86. The van der Waals surface area contributed by atoms with Crippen LogP contribution in [0.4, 0.5) is 0 Å². The maximum Gasteiger partial charge on any atom is 0.219 e. The van der Waals surface area contributed by atoms with Crippen LogP contribution in [0.3, 0.4) is 0 Å². The van der Waals surface area contributed by atoms with Gasteiger partial charge in [-0.05, 0) is 37.5 Å². The highest BCUT2D eigenvalue weighted by Crippen LogP contribution is 2.11. The molecule has 0 saturated carbocycles. The molecule has 0 aromatic heterocycles. The van der Waals surface area contributed by atoms with Gasteiger partial charge >= 0.3 is 0 Å². The second kappa shape index (κ2) is 26.6. The number of hydrogen-bond acceptors (Lipinski definition) is 4. The predicted octanol–water partition coefficient (Wildman–Crippen LogP) is 7.03. The van der Waals surface area contributed by atoms with Crippen LogP contribution in [-0.2, 0) is 4.79 Å². The quantitative estimate of drug-likeness (QED) is 0.0885. The van der Waals surface area contributed by atoms with Crippen molar-refractivity contribution in [3.8, 4) is 29.8 Å². The van der Waals surface area contributed by atoms with E-state index in [0.29, 0.717) is 13.0 Å². The minimum atomic E-state index is 0.182. The second-order valence-corrected chi connectivity index (χ2v) is 10.8. The monoisotopic (exact) mass is 524 g/mol. The summed E-state index contributed by atoms with van der Waals surface area (Å²) in [6.45, 7) is 7.39. The number of carbonyl (C=O) groups is 1.